The molecule has 6 nitrogen and oxygen atoms in total. The van der Waals surface area contributed by atoms with Crippen LogP contribution in [0, 0.1) is 0 Å². The summed E-state index contributed by atoms with van der Waals surface area (Å²) in [6.07, 6.45) is 0. The molecule has 13 heavy (non-hydrogen) atoms. The van der Waals surface area contributed by atoms with Gasteiger partial charge in [0, 0.05) is 11.1 Å². The highest BCUT2D eigenvalue weighted by Gasteiger charge is 2.19. The molecule has 0 unspecified atom stereocenters. The molecule has 0 N–H and O–H groups in total. The first-order valence-electron chi connectivity index (χ1n) is 6.38. The molecule has 0 spiro atoms. The number of rotatable bonds is 3. The summed E-state index contributed by atoms with van der Waals surface area (Å²) in [4.78, 5) is 11.7. The number of ether oxygens (including phenoxy) is 2. The molecule has 0 aliphatic heterocycles. The zero-order valence-electron chi connectivity index (χ0n) is 12.8. The molecule has 0 aliphatic rings. The lowest BCUT2D eigenvalue weighted by Gasteiger charge is -1.98. The third kappa shape index (κ3) is 1.95. The van der Waals surface area contributed by atoms with Crippen molar-refractivity contribution < 1.29 is 22.5 Å². The normalized spacial score (nSPS) is 18.5. The molecule has 72 valence electrons. The molecule has 0 saturated carbocycles. The zero-order valence-corrected chi connectivity index (χ0v) is 6.77. The van der Waals surface area contributed by atoms with Gasteiger partial charge in [0.15, 0.2) is 0 Å². The first kappa shape index (κ1) is 4.08. The Morgan fingerprint density at radius 3 is 3.15 bits per heavy atom. The van der Waals surface area contributed by atoms with Crippen LogP contribution >= 0.6 is 0 Å². The summed E-state index contributed by atoms with van der Waals surface area (Å²) in [5.74, 6) is -1.73. The Labute approximate surface area is 83.9 Å². The maximum absolute atomic E-state index is 11.5. The second-order valence-corrected chi connectivity index (χ2v) is 1.97. The highest BCUT2D eigenvalue weighted by atomic mass is 16.5. The lowest BCUT2D eigenvalue weighted by atomic mass is 10.5. The van der Waals surface area contributed by atoms with E-state index in [-0.39, 0.29) is 11.4 Å². The van der Waals surface area contributed by atoms with Crippen molar-refractivity contribution in [1.82, 2.24) is 15.0 Å². The minimum Gasteiger partial charge on any atom is -0.478 e. The van der Waals surface area contributed by atoms with Crippen molar-refractivity contribution in [2.75, 3.05) is 13.6 Å². The molecule has 0 saturated heterocycles. The van der Waals surface area contributed by atoms with E-state index in [1.165, 1.54) is 6.92 Å². The van der Waals surface area contributed by atoms with Gasteiger partial charge in [0.1, 0.15) is 0 Å². The number of hydrogen-bond donors (Lipinski definition) is 0. The van der Waals surface area contributed by atoms with Gasteiger partial charge in [-0.1, -0.05) is 0 Å². The highest BCUT2D eigenvalue weighted by molar-refractivity contribution is 5.89. The fraction of sp³-hybridized carbons (Fsp3) is 0.571. The van der Waals surface area contributed by atoms with Crippen LogP contribution in [-0.4, -0.2) is 34.6 Å². The van der Waals surface area contributed by atoms with E-state index in [0.29, 0.717) is 0 Å². The van der Waals surface area contributed by atoms with Crippen LogP contribution in [0.3, 0.4) is 0 Å². The SMILES string of the molecule is [2H]C([2H])([2H])Oc1nn(C([2H])([2H])[2H])nc1C(=O)OCC. The van der Waals surface area contributed by atoms with E-state index < -0.39 is 31.6 Å². The molecule has 0 amide bonds. The Balaban J connectivity index is 3.18. The van der Waals surface area contributed by atoms with E-state index in [1.807, 2.05) is 0 Å². The number of carbonyl (C=O) groups excluding carboxylic acids is 1. The van der Waals surface area contributed by atoms with E-state index in [1.54, 1.807) is 0 Å². The van der Waals surface area contributed by atoms with Gasteiger partial charge in [-0.2, -0.15) is 4.80 Å². The third-order valence-electron chi connectivity index (χ3n) is 1.15. The number of aryl methyl sites for hydroxylation is 1. The quantitative estimate of drug-likeness (QED) is 0.629. The number of carbonyl (C=O) groups is 1. The predicted octanol–water partition coefficient (Wildman–Crippen LogP) is 0.000400. The average molecular weight is 191 g/mol. The maximum atomic E-state index is 11.5. The standard InChI is InChI=1S/C7H11N3O3/c1-4-13-7(11)5-6(12-3)9-10(2)8-5/h4H2,1-3H3/i2D3,3D3. The van der Waals surface area contributed by atoms with Crippen molar-refractivity contribution in [3.05, 3.63) is 5.69 Å². The van der Waals surface area contributed by atoms with Gasteiger partial charge in [-0.3, -0.25) is 0 Å². The zero-order chi connectivity index (χ0) is 14.8. The van der Waals surface area contributed by atoms with Gasteiger partial charge >= 0.3 is 5.97 Å². The molecular formula is C7H11N3O3. The summed E-state index contributed by atoms with van der Waals surface area (Å²) in [5.41, 5.74) is -0.603. The first-order valence-corrected chi connectivity index (χ1v) is 3.38. The minimum atomic E-state index is -2.89. The Morgan fingerprint density at radius 1 is 1.69 bits per heavy atom. The largest absolute Gasteiger partial charge is 0.478 e. The Morgan fingerprint density at radius 2 is 2.54 bits per heavy atom. The van der Waals surface area contributed by atoms with Crippen LogP contribution in [0.1, 0.15) is 25.6 Å². The molecule has 0 atom stereocenters. The van der Waals surface area contributed by atoms with Crippen LogP contribution < -0.4 is 4.74 Å². The van der Waals surface area contributed by atoms with Gasteiger partial charge in [0.2, 0.25) is 5.69 Å². The summed E-state index contributed by atoms with van der Waals surface area (Å²) in [6, 6.07) is 0. The monoisotopic (exact) mass is 191 g/mol. The molecule has 0 fully saturated rings. The smallest absolute Gasteiger partial charge is 0.364 e. The van der Waals surface area contributed by atoms with Crippen molar-refractivity contribution in [2.24, 2.45) is 6.98 Å². The van der Waals surface area contributed by atoms with Crippen molar-refractivity contribution in [2.45, 2.75) is 6.92 Å². The van der Waals surface area contributed by atoms with Gasteiger partial charge in [0.25, 0.3) is 5.88 Å². The molecule has 1 aromatic rings. The van der Waals surface area contributed by atoms with Crippen LogP contribution in [-0.2, 0) is 11.7 Å². The topological polar surface area (TPSA) is 66.2 Å². The third-order valence-corrected chi connectivity index (χ3v) is 1.15. The molecular weight excluding hydrogens is 174 g/mol. The molecule has 1 aromatic heterocycles. The number of nitrogens with zero attached hydrogens (tertiary/aromatic N) is 3. The molecule has 1 rings (SSSR count). The lowest BCUT2D eigenvalue weighted by Crippen LogP contribution is -2.07. The summed E-state index contributed by atoms with van der Waals surface area (Å²) >= 11 is 0. The van der Waals surface area contributed by atoms with Crippen molar-refractivity contribution in [3.8, 4) is 5.88 Å². The summed E-state index contributed by atoms with van der Waals surface area (Å²) in [6.45, 7) is -1.24. The summed E-state index contributed by atoms with van der Waals surface area (Å²) in [7, 11) is -2.89. The van der Waals surface area contributed by atoms with E-state index in [4.69, 9.17) is 8.22 Å². The lowest BCUT2D eigenvalue weighted by molar-refractivity contribution is 0.0515. The van der Waals surface area contributed by atoms with Gasteiger partial charge in [-0.15, -0.1) is 10.2 Å². The molecule has 0 aliphatic carbocycles. The van der Waals surface area contributed by atoms with Crippen molar-refractivity contribution in [1.29, 1.82) is 0 Å². The predicted molar refractivity (Wildman–Crippen MR) is 43.5 cm³/mol. The summed E-state index contributed by atoms with van der Waals surface area (Å²) < 4.78 is 51.0. The molecule has 0 radical (unpaired) electrons. The van der Waals surface area contributed by atoms with Gasteiger partial charge in [-0.05, 0) is 6.92 Å². The average Bonchev–Trinajstić information content (AvgIpc) is 2.58. The van der Waals surface area contributed by atoms with Gasteiger partial charge in [-0.25, -0.2) is 4.79 Å². The number of esters is 1. The molecule has 1 heterocycles. The van der Waals surface area contributed by atoms with E-state index in [0.717, 1.165) is 0 Å². The van der Waals surface area contributed by atoms with Crippen LogP contribution in [0.5, 0.6) is 5.88 Å². The van der Waals surface area contributed by atoms with Crippen molar-refractivity contribution in [3.63, 3.8) is 0 Å². The van der Waals surface area contributed by atoms with E-state index in [2.05, 4.69) is 19.7 Å². The Kier molecular flexibility index (Phi) is 1.22. The van der Waals surface area contributed by atoms with Crippen LogP contribution in [0.25, 0.3) is 0 Å². The summed E-state index contributed by atoms with van der Waals surface area (Å²) in [5, 5.41) is 6.71. The van der Waals surface area contributed by atoms with E-state index in [9.17, 15) is 4.79 Å². The minimum absolute atomic E-state index is 0.00662. The highest BCUT2D eigenvalue weighted by Crippen LogP contribution is 2.12. The fourth-order valence-electron chi connectivity index (χ4n) is 0.690. The van der Waals surface area contributed by atoms with Crippen LogP contribution in [0.4, 0.5) is 0 Å². The molecule has 6 heteroatoms. The molecule has 0 aromatic carbocycles. The Bertz CT molecular complexity index is 466. The number of methoxy groups -OCH3 is 1. The fourth-order valence-corrected chi connectivity index (χ4v) is 0.690. The first-order chi connectivity index (χ1) is 8.54. The van der Waals surface area contributed by atoms with Gasteiger partial charge < -0.3 is 9.47 Å². The number of hydrogen-bond acceptors (Lipinski definition) is 5. The van der Waals surface area contributed by atoms with Crippen LogP contribution in [0.2, 0.25) is 0 Å². The number of aromatic nitrogens is 3. The Hall–Kier alpha value is -1.59. The van der Waals surface area contributed by atoms with Crippen LogP contribution in [0.15, 0.2) is 0 Å². The second kappa shape index (κ2) is 3.88. The molecule has 0 bridgehead atoms. The maximum Gasteiger partial charge on any atom is 0.364 e. The van der Waals surface area contributed by atoms with Crippen molar-refractivity contribution >= 4 is 5.97 Å². The van der Waals surface area contributed by atoms with E-state index >= 15 is 0 Å². The second-order valence-electron chi connectivity index (χ2n) is 1.97. The van der Waals surface area contributed by atoms with Gasteiger partial charge in [0.05, 0.1) is 17.8 Å².